The molecule has 6 heteroatoms. The zero-order valence-corrected chi connectivity index (χ0v) is 16.2. The Balaban J connectivity index is 1.30. The van der Waals surface area contributed by atoms with Crippen molar-refractivity contribution in [3.63, 3.8) is 0 Å². The number of aromatic nitrogens is 2. The molecule has 29 heavy (non-hydrogen) atoms. The first-order valence-electron chi connectivity index (χ1n) is 9.89. The van der Waals surface area contributed by atoms with E-state index >= 15 is 0 Å². The SMILES string of the molecule is O=C(NCc1ccccc1-c1ccccc1)N1CCC(Oc2ncccn2)CC1. The van der Waals surface area contributed by atoms with Gasteiger partial charge in [-0.25, -0.2) is 14.8 Å². The van der Waals surface area contributed by atoms with Crippen LogP contribution in [0.25, 0.3) is 11.1 Å². The molecule has 2 aromatic carbocycles. The molecule has 1 fully saturated rings. The largest absolute Gasteiger partial charge is 0.460 e. The Kier molecular flexibility index (Phi) is 6.00. The zero-order valence-electron chi connectivity index (χ0n) is 16.2. The van der Waals surface area contributed by atoms with Gasteiger partial charge in [-0.05, 0) is 22.8 Å². The summed E-state index contributed by atoms with van der Waals surface area (Å²) in [5, 5.41) is 3.06. The van der Waals surface area contributed by atoms with E-state index in [0.29, 0.717) is 25.6 Å². The van der Waals surface area contributed by atoms with Crippen molar-refractivity contribution in [1.82, 2.24) is 20.2 Å². The molecule has 0 spiro atoms. The first-order chi connectivity index (χ1) is 14.3. The summed E-state index contributed by atoms with van der Waals surface area (Å²) in [6, 6.07) is 20.5. The molecule has 0 saturated carbocycles. The fourth-order valence-electron chi connectivity index (χ4n) is 3.53. The van der Waals surface area contributed by atoms with Crippen molar-refractivity contribution < 1.29 is 9.53 Å². The summed E-state index contributed by atoms with van der Waals surface area (Å²) in [7, 11) is 0. The summed E-state index contributed by atoms with van der Waals surface area (Å²) in [6.45, 7) is 1.81. The molecule has 0 radical (unpaired) electrons. The van der Waals surface area contributed by atoms with Crippen molar-refractivity contribution in [2.24, 2.45) is 0 Å². The summed E-state index contributed by atoms with van der Waals surface area (Å²) in [5.41, 5.74) is 3.40. The lowest BCUT2D eigenvalue weighted by molar-refractivity contribution is 0.103. The van der Waals surface area contributed by atoms with E-state index in [1.54, 1.807) is 18.5 Å². The molecule has 148 valence electrons. The molecule has 4 rings (SSSR count). The molecule has 1 aliphatic heterocycles. The van der Waals surface area contributed by atoms with Gasteiger partial charge in [0.05, 0.1) is 0 Å². The number of nitrogens with zero attached hydrogens (tertiary/aromatic N) is 3. The predicted molar refractivity (Wildman–Crippen MR) is 111 cm³/mol. The van der Waals surface area contributed by atoms with Gasteiger partial charge < -0.3 is 15.0 Å². The lowest BCUT2D eigenvalue weighted by Gasteiger charge is -2.31. The Morgan fingerprint density at radius 3 is 2.41 bits per heavy atom. The first-order valence-corrected chi connectivity index (χ1v) is 9.89. The van der Waals surface area contributed by atoms with Gasteiger partial charge in [0.25, 0.3) is 0 Å². The van der Waals surface area contributed by atoms with Gasteiger partial charge >= 0.3 is 12.0 Å². The van der Waals surface area contributed by atoms with Crippen LogP contribution in [0, 0.1) is 0 Å². The molecule has 1 N–H and O–H groups in total. The Bertz CT molecular complexity index is 926. The highest BCUT2D eigenvalue weighted by Crippen LogP contribution is 2.23. The van der Waals surface area contributed by atoms with E-state index in [-0.39, 0.29) is 12.1 Å². The van der Waals surface area contributed by atoms with E-state index in [1.165, 1.54) is 0 Å². The number of ether oxygens (including phenoxy) is 1. The van der Waals surface area contributed by atoms with Gasteiger partial charge in [-0.15, -0.1) is 0 Å². The number of benzene rings is 2. The van der Waals surface area contributed by atoms with E-state index < -0.39 is 0 Å². The van der Waals surface area contributed by atoms with Crippen LogP contribution in [0.1, 0.15) is 18.4 Å². The van der Waals surface area contributed by atoms with Crippen molar-refractivity contribution in [1.29, 1.82) is 0 Å². The number of carbonyl (C=O) groups excluding carboxylic acids is 1. The van der Waals surface area contributed by atoms with Gasteiger partial charge in [0.1, 0.15) is 6.10 Å². The van der Waals surface area contributed by atoms with Gasteiger partial charge in [0.15, 0.2) is 0 Å². The molecule has 6 nitrogen and oxygen atoms in total. The summed E-state index contributed by atoms with van der Waals surface area (Å²) in [6.07, 6.45) is 4.91. The highest BCUT2D eigenvalue weighted by atomic mass is 16.5. The minimum atomic E-state index is -0.0396. The lowest BCUT2D eigenvalue weighted by Crippen LogP contribution is -2.46. The van der Waals surface area contributed by atoms with E-state index in [1.807, 2.05) is 35.2 Å². The maximum Gasteiger partial charge on any atom is 0.317 e. The van der Waals surface area contributed by atoms with E-state index in [4.69, 9.17) is 4.74 Å². The molecule has 0 unspecified atom stereocenters. The van der Waals surface area contributed by atoms with Crippen molar-refractivity contribution in [3.05, 3.63) is 78.6 Å². The highest BCUT2D eigenvalue weighted by Gasteiger charge is 2.24. The predicted octanol–water partition coefficient (Wildman–Crippen LogP) is 3.90. The topological polar surface area (TPSA) is 67.4 Å². The summed E-state index contributed by atoms with van der Waals surface area (Å²) in [4.78, 5) is 22.7. The molecule has 1 aliphatic rings. The van der Waals surface area contributed by atoms with Crippen LogP contribution in [-0.4, -0.2) is 40.1 Å². The number of piperidine rings is 1. The van der Waals surface area contributed by atoms with Gasteiger partial charge in [-0.1, -0.05) is 54.6 Å². The van der Waals surface area contributed by atoms with Crippen LogP contribution in [0.2, 0.25) is 0 Å². The molecule has 1 saturated heterocycles. The van der Waals surface area contributed by atoms with Crippen LogP contribution in [0.4, 0.5) is 4.79 Å². The van der Waals surface area contributed by atoms with Crippen LogP contribution in [-0.2, 0) is 6.54 Å². The van der Waals surface area contributed by atoms with Crippen molar-refractivity contribution in [3.8, 4) is 17.1 Å². The maximum atomic E-state index is 12.6. The molecular weight excluding hydrogens is 364 g/mol. The normalized spacial score (nSPS) is 14.4. The molecule has 3 aromatic rings. The highest BCUT2D eigenvalue weighted by molar-refractivity contribution is 5.75. The molecule has 2 amide bonds. The van der Waals surface area contributed by atoms with E-state index in [0.717, 1.165) is 29.5 Å². The Labute approximate surface area is 170 Å². The Hall–Kier alpha value is -3.41. The number of likely N-dealkylation sites (tertiary alicyclic amines) is 1. The monoisotopic (exact) mass is 388 g/mol. The quantitative estimate of drug-likeness (QED) is 0.720. The van der Waals surface area contributed by atoms with Crippen LogP contribution >= 0.6 is 0 Å². The average molecular weight is 388 g/mol. The van der Waals surface area contributed by atoms with Crippen molar-refractivity contribution in [2.75, 3.05) is 13.1 Å². The third kappa shape index (κ3) is 4.90. The third-order valence-electron chi connectivity index (χ3n) is 5.08. The Morgan fingerprint density at radius 1 is 0.966 bits per heavy atom. The minimum absolute atomic E-state index is 0.0396. The number of rotatable bonds is 5. The van der Waals surface area contributed by atoms with Gasteiger partial charge in [0.2, 0.25) is 0 Å². The maximum absolute atomic E-state index is 12.6. The van der Waals surface area contributed by atoms with Crippen LogP contribution in [0.15, 0.2) is 73.1 Å². The van der Waals surface area contributed by atoms with E-state index in [2.05, 4.69) is 39.6 Å². The Morgan fingerprint density at radius 2 is 1.66 bits per heavy atom. The molecule has 0 bridgehead atoms. The van der Waals surface area contributed by atoms with Gasteiger partial charge in [0, 0.05) is 44.9 Å². The van der Waals surface area contributed by atoms with Crippen LogP contribution < -0.4 is 10.1 Å². The molecular formula is C23H24N4O2. The summed E-state index contributed by atoms with van der Waals surface area (Å²) >= 11 is 0. The molecule has 2 heterocycles. The number of hydrogen-bond donors (Lipinski definition) is 1. The summed E-state index contributed by atoms with van der Waals surface area (Å²) < 4.78 is 5.80. The number of urea groups is 1. The fraction of sp³-hybridized carbons (Fsp3) is 0.261. The van der Waals surface area contributed by atoms with Crippen molar-refractivity contribution >= 4 is 6.03 Å². The average Bonchev–Trinajstić information content (AvgIpc) is 2.79. The molecule has 0 atom stereocenters. The summed E-state index contributed by atoms with van der Waals surface area (Å²) in [5.74, 6) is 0. The minimum Gasteiger partial charge on any atom is -0.460 e. The fourth-order valence-corrected chi connectivity index (χ4v) is 3.53. The van der Waals surface area contributed by atoms with Gasteiger partial charge in [-0.2, -0.15) is 0 Å². The molecule has 0 aliphatic carbocycles. The number of amides is 2. The van der Waals surface area contributed by atoms with Gasteiger partial charge in [-0.3, -0.25) is 0 Å². The lowest BCUT2D eigenvalue weighted by atomic mass is 10.00. The molecule has 1 aromatic heterocycles. The first kappa shape index (κ1) is 18.9. The smallest absolute Gasteiger partial charge is 0.317 e. The third-order valence-corrected chi connectivity index (χ3v) is 5.08. The second-order valence-electron chi connectivity index (χ2n) is 7.02. The van der Waals surface area contributed by atoms with Crippen LogP contribution in [0.3, 0.4) is 0 Å². The number of hydrogen-bond acceptors (Lipinski definition) is 4. The zero-order chi connectivity index (χ0) is 19.9. The van der Waals surface area contributed by atoms with Crippen LogP contribution in [0.5, 0.6) is 6.01 Å². The second kappa shape index (κ2) is 9.19. The number of nitrogens with one attached hydrogen (secondary N) is 1. The van der Waals surface area contributed by atoms with E-state index in [9.17, 15) is 4.79 Å². The number of carbonyl (C=O) groups is 1. The van der Waals surface area contributed by atoms with Crippen molar-refractivity contribution in [2.45, 2.75) is 25.5 Å². The standard InChI is InChI=1S/C23H24N4O2/c28-23(27-15-11-20(12-16-27)29-22-24-13-6-14-25-22)26-17-19-9-4-5-10-21(19)18-7-2-1-3-8-18/h1-10,13-14,20H,11-12,15-17H2,(H,26,28). The second-order valence-corrected chi connectivity index (χ2v) is 7.02.